The summed E-state index contributed by atoms with van der Waals surface area (Å²) in [4.78, 5) is 4.52. The van der Waals surface area contributed by atoms with Gasteiger partial charge in [0.2, 0.25) is 0 Å². The molecule has 5 aromatic carbocycles. The third-order valence-electron chi connectivity index (χ3n) is 7.96. The number of thiophene rings is 1. The molecule has 0 saturated heterocycles. The van der Waals surface area contributed by atoms with E-state index in [1.807, 2.05) is 29.8 Å². The van der Waals surface area contributed by atoms with Gasteiger partial charge in [-0.1, -0.05) is 72.8 Å². The fraction of sp³-hybridized carbons (Fsp3) is 0. The van der Waals surface area contributed by atoms with Crippen LogP contribution in [0.15, 0.2) is 128 Å². The highest BCUT2D eigenvalue weighted by Crippen LogP contribution is 2.50. The molecule has 9 rings (SSSR count). The van der Waals surface area contributed by atoms with Gasteiger partial charge < -0.3 is 9.13 Å². The lowest BCUT2D eigenvalue weighted by Gasteiger charge is -2.11. The Morgan fingerprint density at radius 3 is 1.77 bits per heavy atom. The number of pyridine rings is 1. The fourth-order valence-electron chi connectivity index (χ4n) is 6.48. The smallest absolute Gasteiger partial charge is 0.0656 e. The summed E-state index contributed by atoms with van der Waals surface area (Å²) in [5, 5.41) is 7.75. The Balaban J connectivity index is 1.70. The summed E-state index contributed by atoms with van der Waals surface area (Å²) in [6.45, 7) is 0. The molecule has 0 aliphatic rings. The van der Waals surface area contributed by atoms with Gasteiger partial charge in [-0.2, -0.15) is 0 Å². The summed E-state index contributed by atoms with van der Waals surface area (Å²) in [5.41, 5.74) is 7.15. The minimum atomic E-state index is 1.07. The van der Waals surface area contributed by atoms with Crippen molar-refractivity contribution in [3.8, 4) is 11.4 Å². The normalized spacial score (nSPS) is 12.1. The second-order valence-corrected chi connectivity index (χ2v) is 11.1. The van der Waals surface area contributed by atoms with Crippen molar-refractivity contribution in [3.63, 3.8) is 0 Å². The lowest BCUT2D eigenvalue weighted by molar-refractivity contribution is 1.14. The Bertz CT molecular complexity index is 2300. The molecule has 0 spiro atoms. The van der Waals surface area contributed by atoms with Crippen LogP contribution in [0, 0.1) is 0 Å². The number of hydrogen-bond acceptors (Lipinski definition) is 2. The van der Waals surface area contributed by atoms with Crippen LogP contribution in [0.5, 0.6) is 0 Å². The SMILES string of the molecule is c1ccc(-n2c3ccccc3c3c4c(c5ccccc5n4-c4cccnc4)c4sc5ccccc5c4c32)cc1. The van der Waals surface area contributed by atoms with Gasteiger partial charge in [0, 0.05) is 53.6 Å². The summed E-state index contributed by atoms with van der Waals surface area (Å²) in [6, 6.07) is 41.5. The molecular weight excluding hydrogens is 494 g/mol. The van der Waals surface area contributed by atoms with E-state index in [1.165, 1.54) is 69.5 Å². The van der Waals surface area contributed by atoms with Gasteiger partial charge in [0.05, 0.1) is 34.0 Å². The number of benzene rings is 5. The molecule has 0 atom stereocenters. The Labute approximate surface area is 227 Å². The number of nitrogens with zero attached hydrogens (tertiary/aromatic N) is 3. The first-order valence-corrected chi connectivity index (χ1v) is 14.0. The minimum Gasteiger partial charge on any atom is -0.308 e. The predicted molar refractivity (Wildman–Crippen MR) is 166 cm³/mol. The van der Waals surface area contributed by atoms with E-state index < -0.39 is 0 Å². The predicted octanol–water partition coefficient (Wildman–Crippen LogP) is 9.64. The maximum Gasteiger partial charge on any atom is 0.0656 e. The van der Waals surface area contributed by atoms with E-state index in [1.54, 1.807) is 0 Å². The van der Waals surface area contributed by atoms with Crippen molar-refractivity contribution in [2.75, 3.05) is 0 Å². The van der Waals surface area contributed by atoms with Crippen LogP contribution >= 0.6 is 11.3 Å². The van der Waals surface area contributed by atoms with Crippen molar-refractivity contribution in [1.82, 2.24) is 14.1 Å². The molecule has 0 aliphatic carbocycles. The van der Waals surface area contributed by atoms with Gasteiger partial charge in [0.15, 0.2) is 0 Å². The summed E-state index contributed by atoms with van der Waals surface area (Å²) in [7, 11) is 0. The van der Waals surface area contributed by atoms with Gasteiger partial charge in [0.1, 0.15) is 0 Å². The molecule has 0 fully saturated rings. The van der Waals surface area contributed by atoms with Crippen LogP contribution in [0.25, 0.3) is 75.2 Å². The van der Waals surface area contributed by atoms with Gasteiger partial charge in [-0.05, 0) is 42.5 Å². The highest BCUT2D eigenvalue weighted by atomic mass is 32.1. The number of rotatable bonds is 2. The van der Waals surface area contributed by atoms with E-state index in [2.05, 4.69) is 123 Å². The minimum absolute atomic E-state index is 1.07. The lowest BCUT2D eigenvalue weighted by atomic mass is 10.0. The average Bonchev–Trinajstić information content (AvgIpc) is 3.66. The summed E-state index contributed by atoms with van der Waals surface area (Å²) in [6.07, 6.45) is 3.82. The lowest BCUT2D eigenvalue weighted by Crippen LogP contribution is -1.96. The molecule has 3 nitrogen and oxygen atoms in total. The number of hydrogen-bond donors (Lipinski definition) is 0. The summed E-state index contributed by atoms with van der Waals surface area (Å²) < 4.78 is 7.53. The van der Waals surface area contributed by atoms with Crippen molar-refractivity contribution in [2.45, 2.75) is 0 Å². The van der Waals surface area contributed by atoms with Crippen LogP contribution < -0.4 is 0 Å². The third-order valence-corrected chi connectivity index (χ3v) is 9.15. The Kier molecular flexibility index (Phi) is 4.21. The molecule has 0 saturated carbocycles. The Hall–Kier alpha value is -4.93. The standard InChI is InChI=1S/C35H21N3S/c1-2-11-22(12-3-1)37-27-17-7-4-14-24(27)30-33-31(35-32(34(30)37)26-16-6-9-19-29(26)39-35)25-15-5-8-18-28(25)38(33)23-13-10-20-36-21-23/h1-21H. The molecule has 0 bridgehead atoms. The molecule has 9 aromatic rings. The van der Waals surface area contributed by atoms with E-state index >= 15 is 0 Å². The molecule has 0 radical (unpaired) electrons. The third kappa shape index (κ3) is 2.73. The van der Waals surface area contributed by atoms with E-state index in [4.69, 9.17) is 0 Å². The van der Waals surface area contributed by atoms with Crippen LogP contribution in [-0.4, -0.2) is 14.1 Å². The van der Waals surface area contributed by atoms with Gasteiger partial charge in [-0.25, -0.2) is 0 Å². The summed E-state index contributed by atoms with van der Waals surface area (Å²) in [5.74, 6) is 0. The fourth-order valence-corrected chi connectivity index (χ4v) is 7.74. The molecule has 0 unspecified atom stereocenters. The van der Waals surface area contributed by atoms with E-state index in [-0.39, 0.29) is 0 Å². The van der Waals surface area contributed by atoms with E-state index in [0.717, 1.165) is 5.69 Å². The topological polar surface area (TPSA) is 22.8 Å². The molecular formula is C35H21N3S. The monoisotopic (exact) mass is 515 g/mol. The van der Waals surface area contributed by atoms with E-state index in [9.17, 15) is 0 Å². The first-order valence-electron chi connectivity index (χ1n) is 13.2. The summed E-state index contributed by atoms with van der Waals surface area (Å²) >= 11 is 1.90. The van der Waals surface area contributed by atoms with Crippen molar-refractivity contribution in [2.24, 2.45) is 0 Å². The molecule has 0 aliphatic heterocycles. The number of fused-ring (bicyclic) bond motifs is 12. The van der Waals surface area contributed by atoms with Crippen LogP contribution in [0.1, 0.15) is 0 Å². The quantitative estimate of drug-likeness (QED) is 0.225. The second-order valence-electron chi connectivity index (χ2n) is 10.0. The molecule has 182 valence electrons. The van der Waals surface area contributed by atoms with Crippen molar-refractivity contribution < 1.29 is 0 Å². The van der Waals surface area contributed by atoms with Gasteiger partial charge in [0.25, 0.3) is 0 Å². The zero-order chi connectivity index (χ0) is 25.5. The second kappa shape index (κ2) is 7.79. The van der Waals surface area contributed by atoms with Crippen LogP contribution in [0.2, 0.25) is 0 Å². The van der Waals surface area contributed by atoms with Crippen molar-refractivity contribution in [3.05, 3.63) is 128 Å². The van der Waals surface area contributed by atoms with Gasteiger partial charge >= 0.3 is 0 Å². The molecule has 0 amide bonds. The van der Waals surface area contributed by atoms with Crippen LogP contribution in [0.4, 0.5) is 0 Å². The molecule has 39 heavy (non-hydrogen) atoms. The maximum absolute atomic E-state index is 4.52. The zero-order valence-corrected chi connectivity index (χ0v) is 21.7. The first-order chi connectivity index (χ1) is 19.4. The largest absolute Gasteiger partial charge is 0.308 e. The Morgan fingerprint density at radius 2 is 1.05 bits per heavy atom. The van der Waals surface area contributed by atoms with Crippen molar-refractivity contribution in [1.29, 1.82) is 0 Å². The van der Waals surface area contributed by atoms with Gasteiger partial charge in [-0.3, -0.25) is 4.98 Å². The van der Waals surface area contributed by atoms with Crippen LogP contribution in [-0.2, 0) is 0 Å². The first kappa shape index (κ1) is 21.1. The highest BCUT2D eigenvalue weighted by Gasteiger charge is 2.26. The average molecular weight is 516 g/mol. The Morgan fingerprint density at radius 1 is 0.487 bits per heavy atom. The van der Waals surface area contributed by atoms with Crippen LogP contribution in [0.3, 0.4) is 0 Å². The molecule has 4 heterocycles. The van der Waals surface area contributed by atoms with Crippen molar-refractivity contribution >= 4 is 75.1 Å². The number of aromatic nitrogens is 3. The number of para-hydroxylation sites is 3. The molecule has 4 heteroatoms. The highest BCUT2D eigenvalue weighted by molar-refractivity contribution is 7.27. The van der Waals surface area contributed by atoms with Gasteiger partial charge in [-0.15, -0.1) is 11.3 Å². The molecule has 4 aromatic heterocycles. The zero-order valence-electron chi connectivity index (χ0n) is 20.9. The molecule has 0 N–H and O–H groups in total. The maximum atomic E-state index is 4.52. The van der Waals surface area contributed by atoms with E-state index in [0.29, 0.717) is 0 Å².